The first kappa shape index (κ1) is 8.16. The van der Waals surface area contributed by atoms with Gasteiger partial charge in [0.2, 0.25) is 0 Å². The second-order valence-corrected chi connectivity index (χ2v) is 3.91. The molecule has 66 valence electrons. The van der Waals surface area contributed by atoms with Gasteiger partial charge in [0.25, 0.3) is 0 Å². The maximum Gasteiger partial charge on any atom is 0.0973 e. The van der Waals surface area contributed by atoms with Gasteiger partial charge in [-0.1, -0.05) is 0 Å². The van der Waals surface area contributed by atoms with Gasteiger partial charge in [0.05, 0.1) is 17.3 Å². The summed E-state index contributed by atoms with van der Waals surface area (Å²) in [4.78, 5) is 4.34. The van der Waals surface area contributed by atoms with Crippen molar-refractivity contribution in [2.45, 2.75) is 18.9 Å². The molecule has 1 aromatic rings. The smallest absolute Gasteiger partial charge is 0.0973 e. The van der Waals surface area contributed by atoms with Gasteiger partial charge in [-0.2, -0.15) is 0 Å². The molecular formula is C8H12N2OS. The minimum absolute atomic E-state index is 0.0661. The highest BCUT2D eigenvalue weighted by atomic mass is 32.1. The highest BCUT2D eigenvalue weighted by Crippen LogP contribution is 2.25. The van der Waals surface area contributed by atoms with E-state index < -0.39 is 0 Å². The molecule has 0 saturated carbocycles. The van der Waals surface area contributed by atoms with Crippen LogP contribution in [0.15, 0.2) is 5.38 Å². The van der Waals surface area contributed by atoms with Crippen molar-refractivity contribution < 1.29 is 5.11 Å². The molecule has 3 nitrogen and oxygen atoms in total. The zero-order chi connectivity index (χ0) is 8.39. The monoisotopic (exact) mass is 184 g/mol. The molecule has 1 unspecified atom stereocenters. The van der Waals surface area contributed by atoms with Crippen molar-refractivity contribution >= 4 is 11.3 Å². The molecule has 4 heteroatoms. The molecule has 1 aliphatic heterocycles. The third-order valence-electron chi connectivity index (χ3n) is 2.14. The number of nitrogens with zero attached hydrogens (tertiary/aromatic N) is 1. The Morgan fingerprint density at radius 1 is 1.75 bits per heavy atom. The number of aliphatic hydroxyl groups excluding tert-OH is 1. The molecule has 2 N–H and O–H groups in total. The largest absolute Gasteiger partial charge is 0.390 e. The molecule has 0 radical (unpaired) electrons. The van der Waals surface area contributed by atoms with Crippen LogP contribution in [0.2, 0.25) is 0 Å². The normalized spacial score (nSPS) is 23.2. The highest BCUT2D eigenvalue weighted by molar-refractivity contribution is 7.09. The molecule has 1 fully saturated rings. The lowest BCUT2D eigenvalue weighted by Gasteiger charge is -2.01. The molecule has 0 bridgehead atoms. The van der Waals surface area contributed by atoms with Gasteiger partial charge in [-0.15, -0.1) is 11.3 Å². The zero-order valence-corrected chi connectivity index (χ0v) is 7.60. The lowest BCUT2D eigenvalue weighted by molar-refractivity contribution is 0.277. The maximum absolute atomic E-state index is 8.82. The summed E-state index contributed by atoms with van der Waals surface area (Å²) in [6, 6.07) is 0. The summed E-state index contributed by atoms with van der Waals surface area (Å²) in [6.45, 7) is 2.20. The van der Waals surface area contributed by atoms with Crippen LogP contribution >= 0.6 is 11.3 Å². The summed E-state index contributed by atoms with van der Waals surface area (Å²) in [5.74, 6) is 0.579. The lowest BCUT2D eigenvalue weighted by Crippen LogP contribution is -2.07. The van der Waals surface area contributed by atoms with E-state index in [-0.39, 0.29) is 6.61 Å². The van der Waals surface area contributed by atoms with Crippen LogP contribution in [0.25, 0.3) is 0 Å². The summed E-state index contributed by atoms with van der Waals surface area (Å²) in [5.41, 5.74) is 0.807. The predicted octanol–water partition coefficient (Wildman–Crippen LogP) is 0.712. The lowest BCUT2D eigenvalue weighted by atomic mass is 10.1. The van der Waals surface area contributed by atoms with Crippen LogP contribution in [0, 0.1) is 0 Å². The average molecular weight is 184 g/mol. The highest BCUT2D eigenvalue weighted by Gasteiger charge is 2.19. The Kier molecular flexibility index (Phi) is 2.39. The van der Waals surface area contributed by atoms with Crippen molar-refractivity contribution in [1.82, 2.24) is 10.3 Å². The molecule has 2 rings (SSSR count). The van der Waals surface area contributed by atoms with Crippen molar-refractivity contribution in [2.75, 3.05) is 13.1 Å². The maximum atomic E-state index is 8.82. The first-order valence-electron chi connectivity index (χ1n) is 4.16. The number of hydrogen-bond acceptors (Lipinski definition) is 4. The second-order valence-electron chi connectivity index (χ2n) is 3.02. The molecule has 1 aliphatic rings. The van der Waals surface area contributed by atoms with E-state index in [0.29, 0.717) is 5.92 Å². The summed E-state index contributed by atoms with van der Waals surface area (Å²) in [5, 5.41) is 15.2. The summed E-state index contributed by atoms with van der Waals surface area (Å²) in [6.07, 6.45) is 1.18. The second kappa shape index (κ2) is 3.51. The van der Waals surface area contributed by atoms with Crippen molar-refractivity contribution in [2.24, 2.45) is 0 Å². The Labute approximate surface area is 75.5 Å². The van der Waals surface area contributed by atoms with Gasteiger partial charge in [-0.05, 0) is 13.0 Å². The number of nitrogens with one attached hydrogen (secondary N) is 1. The molecule has 0 spiro atoms. The van der Waals surface area contributed by atoms with Crippen LogP contribution in [0.5, 0.6) is 0 Å². The molecule has 0 amide bonds. The predicted molar refractivity (Wildman–Crippen MR) is 48.3 cm³/mol. The van der Waals surface area contributed by atoms with E-state index in [1.54, 1.807) is 11.3 Å². The number of rotatable bonds is 2. The topological polar surface area (TPSA) is 45.1 Å². The fourth-order valence-electron chi connectivity index (χ4n) is 1.45. The Hall–Kier alpha value is -0.450. The molecule has 0 aromatic carbocycles. The zero-order valence-electron chi connectivity index (χ0n) is 6.79. The van der Waals surface area contributed by atoms with Gasteiger partial charge < -0.3 is 10.4 Å². The van der Waals surface area contributed by atoms with Gasteiger partial charge in [0.15, 0.2) is 0 Å². The van der Waals surface area contributed by atoms with Crippen molar-refractivity contribution in [3.05, 3.63) is 16.1 Å². The quantitative estimate of drug-likeness (QED) is 0.711. The van der Waals surface area contributed by atoms with E-state index in [2.05, 4.69) is 10.3 Å². The van der Waals surface area contributed by atoms with Crippen LogP contribution in [-0.4, -0.2) is 23.2 Å². The molecule has 1 saturated heterocycles. The third-order valence-corrected chi connectivity index (χ3v) is 3.20. The first-order valence-corrected chi connectivity index (χ1v) is 5.04. The first-order chi connectivity index (χ1) is 5.90. The van der Waals surface area contributed by atoms with E-state index in [1.165, 1.54) is 11.4 Å². The van der Waals surface area contributed by atoms with Crippen LogP contribution in [-0.2, 0) is 6.61 Å². The summed E-state index contributed by atoms with van der Waals surface area (Å²) in [7, 11) is 0. The average Bonchev–Trinajstić information content (AvgIpc) is 2.75. The molecule has 12 heavy (non-hydrogen) atoms. The van der Waals surface area contributed by atoms with Crippen LogP contribution < -0.4 is 5.32 Å². The number of thiazole rings is 1. The van der Waals surface area contributed by atoms with Crippen LogP contribution in [0.4, 0.5) is 0 Å². The standard InChI is InChI=1S/C8H12N2OS/c11-4-7-5-12-8(10-7)6-1-2-9-3-6/h5-6,9,11H,1-4H2. The molecule has 2 heterocycles. The minimum atomic E-state index is 0.0661. The van der Waals surface area contributed by atoms with Crippen LogP contribution in [0.3, 0.4) is 0 Å². The molecular weight excluding hydrogens is 172 g/mol. The molecule has 1 aromatic heterocycles. The van der Waals surface area contributed by atoms with E-state index in [4.69, 9.17) is 5.11 Å². The number of aliphatic hydroxyl groups is 1. The van der Waals surface area contributed by atoms with Crippen molar-refractivity contribution in [3.63, 3.8) is 0 Å². The Bertz CT molecular complexity index is 255. The van der Waals surface area contributed by atoms with Gasteiger partial charge in [0.1, 0.15) is 0 Å². The van der Waals surface area contributed by atoms with Crippen molar-refractivity contribution in [3.8, 4) is 0 Å². The minimum Gasteiger partial charge on any atom is -0.390 e. The Morgan fingerprint density at radius 3 is 3.25 bits per heavy atom. The Balaban J connectivity index is 2.11. The van der Waals surface area contributed by atoms with Gasteiger partial charge in [-0.25, -0.2) is 4.98 Å². The SMILES string of the molecule is OCc1csc(C2CCNC2)n1. The number of aromatic nitrogens is 1. The van der Waals surface area contributed by atoms with Crippen LogP contribution in [0.1, 0.15) is 23.0 Å². The van der Waals surface area contributed by atoms with E-state index >= 15 is 0 Å². The third kappa shape index (κ3) is 1.50. The molecule has 0 aliphatic carbocycles. The van der Waals surface area contributed by atoms with Gasteiger partial charge >= 0.3 is 0 Å². The van der Waals surface area contributed by atoms with Gasteiger partial charge in [0, 0.05) is 17.8 Å². The molecule has 1 atom stereocenters. The number of hydrogen-bond donors (Lipinski definition) is 2. The summed E-state index contributed by atoms with van der Waals surface area (Å²) >= 11 is 1.66. The van der Waals surface area contributed by atoms with E-state index in [0.717, 1.165) is 18.8 Å². The fourth-order valence-corrected chi connectivity index (χ4v) is 2.40. The van der Waals surface area contributed by atoms with E-state index in [9.17, 15) is 0 Å². The Morgan fingerprint density at radius 2 is 2.67 bits per heavy atom. The van der Waals surface area contributed by atoms with E-state index in [1.807, 2.05) is 5.38 Å². The van der Waals surface area contributed by atoms with Crippen molar-refractivity contribution in [1.29, 1.82) is 0 Å². The fraction of sp³-hybridized carbons (Fsp3) is 0.625. The summed E-state index contributed by atoms with van der Waals surface area (Å²) < 4.78 is 0. The van der Waals surface area contributed by atoms with Gasteiger partial charge in [-0.3, -0.25) is 0 Å².